The highest BCUT2D eigenvalue weighted by Gasteiger charge is 2.21. The van der Waals surface area contributed by atoms with Crippen molar-refractivity contribution in [2.75, 3.05) is 57.3 Å². The van der Waals surface area contributed by atoms with Gasteiger partial charge in [0, 0.05) is 61.8 Å². The van der Waals surface area contributed by atoms with Crippen molar-refractivity contribution in [1.82, 2.24) is 28.9 Å². The fourth-order valence-electron chi connectivity index (χ4n) is 6.65. The molecule has 3 aromatic carbocycles. The molecule has 0 atom stereocenters. The molecule has 0 radical (unpaired) electrons. The number of carbonyl (C=O) groups is 4. The van der Waals surface area contributed by atoms with E-state index in [1.165, 1.54) is 14.2 Å². The number of aryl methyl sites for hydroxylation is 2. The van der Waals surface area contributed by atoms with Gasteiger partial charge in [-0.25, -0.2) is 9.97 Å². The fraction of sp³-hybridized carbons (Fsp3) is 0.277. The number of amides is 2. The summed E-state index contributed by atoms with van der Waals surface area (Å²) in [7, 11) is 4.76. The molecule has 3 aromatic heterocycles. The fourth-order valence-corrected chi connectivity index (χ4v) is 6.65. The molecule has 3 heterocycles. The van der Waals surface area contributed by atoms with E-state index in [2.05, 4.69) is 31.4 Å². The van der Waals surface area contributed by atoms with E-state index < -0.39 is 5.91 Å². The third kappa shape index (κ3) is 13.6. The van der Waals surface area contributed by atoms with Gasteiger partial charge in [0.05, 0.1) is 29.5 Å². The lowest BCUT2D eigenvalue weighted by Gasteiger charge is -2.12. The molecule has 6 rings (SSSR count). The van der Waals surface area contributed by atoms with Crippen LogP contribution in [0.1, 0.15) is 57.7 Å². The number of allylic oxidation sites excluding steroid dienone is 4. The molecule has 0 aliphatic heterocycles. The van der Waals surface area contributed by atoms with Crippen LogP contribution >= 0.6 is 0 Å². The minimum absolute atomic E-state index is 0.183. The first-order chi connectivity index (χ1) is 32.3. The Bertz CT molecular complexity index is 2790. The summed E-state index contributed by atoms with van der Waals surface area (Å²) in [6.07, 6.45) is 10.4. The third-order valence-corrected chi connectivity index (χ3v) is 9.45. The van der Waals surface area contributed by atoms with E-state index >= 15 is 0 Å². The van der Waals surface area contributed by atoms with Gasteiger partial charge in [-0.15, -0.1) is 0 Å². The minimum Gasteiger partial charge on any atom is -0.494 e. The number of rotatable bonds is 20. The second-order valence-corrected chi connectivity index (χ2v) is 14.2. The van der Waals surface area contributed by atoms with Gasteiger partial charge in [-0.1, -0.05) is 18.2 Å². The number of aromatic nitrogens is 6. The number of primary amides is 1. The molecule has 0 fully saturated rings. The maximum Gasteiger partial charge on any atom is 0.276 e. The number of nitrogens with zero attached hydrogens (tertiary/aromatic N) is 7. The Kier molecular flexibility index (Phi) is 19.4. The second kappa shape index (κ2) is 25.3. The van der Waals surface area contributed by atoms with Crippen LogP contribution in [0.4, 0.5) is 17.6 Å². The zero-order chi connectivity index (χ0) is 49.0. The lowest BCUT2D eigenvalue weighted by Crippen LogP contribution is -2.20. The number of nitrogens with one attached hydrogen (secondary N) is 2. The van der Waals surface area contributed by atoms with E-state index in [9.17, 15) is 19.2 Å². The smallest absolute Gasteiger partial charge is 0.276 e. The predicted molar refractivity (Wildman–Crippen MR) is 262 cm³/mol. The van der Waals surface area contributed by atoms with Gasteiger partial charge in [-0.05, 0) is 95.4 Å². The number of fused-ring (bicyclic) bond motifs is 2. The molecule has 6 aromatic rings. The molecule has 0 aliphatic rings. The van der Waals surface area contributed by atoms with Crippen molar-refractivity contribution in [2.24, 2.45) is 22.2 Å². The Balaban J connectivity index is 0.000000724. The molecule has 0 bridgehead atoms. The number of ether oxygens (including phenoxy) is 3. The largest absolute Gasteiger partial charge is 0.494 e. The predicted octanol–water partition coefficient (Wildman–Crippen LogP) is 5.06. The molecule has 20 nitrogen and oxygen atoms in total. The minimum atomic E-state index is -0.612. The molecule has 0 saturated carbocycles. The van der Waals surface area contributed by atoms with Crippen LogP contribution in [0.15, 0.2) is 95.7 Å². The van der Waals surface area contributed by atoms with E-state index in [-0.39, 0.29) is 30.6 Å². The van der Waals surface area contributed by atoms with Crippen LogP contribution in [0.2, 0.25) is 0 Å². The molecular formula is C47H59N13O7. The summed E-state index contributed by atoms with van der Waals surface area (Å²) < 4.78 is 22.9. The number of nitrogen functional groups attached to an aromatic ring is 1. The number of nitrogens with two attached hydrogens (primary N) is 4. The lowest BCUT2D eigenvalue weighted by atomic mass is 10.1. The Morgan fingerprint density at radius 1 is 0.851 bits per heavy atom. The van der Waals surface area contributed by atoms with Crippen LogP contribution in [0, 0.1) is 6.92 Å². The van der Waals surface area contributed by atoms with Gasteiger partial charge < -0.3 is 51.6 Å². The topological polar surface area (TPSA) is 290 Å². The van der Waals surface area contributed by atoms with Gasteiger partial charge in [0.2, 0.25) is 17.8 Å². The Morgan fingerprint density at radius 3 is 2.10 bits per heavy atom. The van der Waals surface area contributed by atoms with Crippen molar-refractivity contribution in [3.8, 4) is 17.2 Å². The molecule has 67 heavy (non-hydrogen) atoms. The molecule has 0 saturated heterocycles. The molecule has 0 spiro atoms. The van der Waals surface area contributed by atoms with Gasteiger partial charge >= 0.3 is 0 Å². The Labute approximate surface area is 388 Å². The van der Waals surface area contributed by atoms with E-state index in [0.29, 0.717) is 118 Å². The van der Waals surface area contributed by atoms with Crippen LogP contribution in [-0.4, -0.2) is 99.9 Å². The number of aliphatic imine (C=N–C) groups is 1. The summed E-state index contributed by atoms with van der Waals surface area (Å²) in [4.78, 5) is 60.9. The van der Waals surface area contributed by atoms with Crippen molar-refractivity contribution >= 4 is 69.7 Å². The van der Waals surface area contributed by atoms with Crippen LogP contribution in [-0.2, 0) is 24.4 Å². The maximum atomic E-state index is 13.5. The Hall–Kier alpha value is -8.26. The summed E-state index contributed by atoms with van der Waals surface area (Å²) in [6.45, 7) is 9.53. The van der Waals surface area contributed by atoms with Crippen molar-refractivity contribution < 1.29 is 33.4 Å². The molecular weight excluding hydrogens is 859 g/mol. The number of hydrogen-bond donors (Lipinski definition) is 6. The summed E-state index contributed by atoms with van der Waals surface area (Å²) >= 11 is 0. The van der Waals surface area contributed by atoms with Crippen molar-refractivity contribution in [1.29, 1.82) is 0 Å². The zero-order valence-electron chi connectivity index (χ0n) is 38.8. The van der Waals surface area contributed by atoms with Crippen LogP contribution in [0.25, 0.3) is 22.1 Å². The average Bonchev–Trinajstić information content (AvgIpc) is 4.00. The molecule has 0 unspecified atom stereocenters. The standard InChI is InChI=1S/C39H42N10O6.C7H12N2O.CH5N/c1-5-49-31(17-24(2)46-49)37(52)45-39-44-29-18-25(23-50)19-32(53-4)34(29)48(39)14-7-6-13-47-35-30(43-38(47)42-3)20-26(36(41)51)21-33(35)55-16-9-8-15-54-28-12-10-11-27(40)22-28;1-3-9-7(5-10)4-6(2)8;1-2/h6-12,17-23H,5,13-16,40H2,1-4H3,(H2,41,51)(H,42,43)(H,44,45,52);4-5H,3,8H2,1-2H3;2H2,1H3/b7-6+,9-8+;6-4-,9-7?;. The SMILES string of the molecule is CCN=C(C=O)/C=C(/C)N.CCn1nc(C)cc1C(=O)Nc1nc2cc(C=O)cc(OC)c2n1C/C=C/Cn1c(NC)nc2cc(C(N)=O)cc(OC/C=C/COc3cccc(N)c3)c21.CN. The first kappa shape index (κ1) is 51.4. The number of methoxy groups -OCH3 is 1. The normalized spacial score (nSPS) is 11.5. The van der Waals surface area contributed by atoms with E-state index in [1.807, 2.05) is 61.8 Å². The number of benzene rings is 3. The first-order valence-electron chi connectivity index (χ1n) is 21.2. The summed E-state index contributed by atoms with van der Waals surface area (Å²) in [6, 6.07) is 15.4. The molecule has 10 N–H and O–H groups in total. The molecule has 0 aliphatic carbocycles. The highest BCUT2D eigenvalue weighted by atomic mass is 16.5. The van der Waals surface area contributed by atoms with Gasteiger partial charge in [0.1, 0.15) is 53.5 Å². The van der Waals surface area contributed by atoms with Crippen molar-refractivity contribution in [3.05, 3.63) is 113 Å². The van der Waals surface area contributed by atoms with Crippen LogP contribution in [0.3, 0.4) is 0 Å². The molecule has 20 heteroatoms. The third-order valence-electron chi connectivity index (χ3n) is 9.45. The van der Waals surface area contributed by atoms with E-state index in [1.54, 1.807) is 71.8 Å². The highest BCUT2D eigenvalue weighted by Crippen LogP contribution is 2.32. The van der Waals surface area contributed by atoms with Gasteiger partial charge in [-0.2, -0.15) is 5.10 Å². The summed E-state index contributed by atoms with van der Waals surface area (Å²) in [5.74, 6) is 1.29. The lowest BCUT2D eigenvalue weighted by molar-refractivity contribution is -0.102. The molecule has 2 amide bonds. The quantitative estimate of drug-likeness (QED) is 0.0253. The van der Waals surface area contributed by atoms with Crippen molar-refractivity contribution in [3.63, 3.8) is 0 Å². The van der Waals surface area contributed by atoms with E-state index in [4.69, 9.17) is 36.4 Å². The number of hydrogen-bond acceptors (Lipinski definition) is 15. The summed E-state index contributed by atoms with van der Waals surface area (Å²) in [5, 5.41) is 10.4. The molecule has 354 valence electrons. The Morgan fingerprint density at radius 2 is 1.51 bits per heavy atom. The number of aldehydes is 2. The number of carbonyl (C=O) groups excluding carboxylic acids is 4. The van der Waals surface area contributed by atoms with Gasteiger partial charge in [0.25, 0.3) is 5.91 Å². The maximum absolute atomic E-state index is 13.5. The zero-order valence-corrected chi connectivity index (χ0v) is 38.8. The van der Waals surface area contributed by atoms with Gasteiger partial charge in [-0.3, -0.25) is 34.2 Å². The number of anilines is 3. The monoisotopic (exact) mass is 917 g/mol. The van der Waals surface area contributed by atoms with Crippen LogP contribution < -0.4 is 47.8 Å². The first-order valence-corrected chi connectivity index (χ1v) is 21.2. The van der Waals surface area contributed by atoms with Gasteiger partial charge in [0.15, 0.2) is 6.29 Å². The number of imidazole rings is 2. The van der Waals surface area contributed by atoms with E-state index in [0.717, 1.165) is 0 Å². The van der Waals surface area contributed by atoms with Crippen molar-refractivity contribution in [2.45, 2.75) is 47.3 Å². The summed E-state index contributed by atoms with van der Waals surface area (Å²) in [5.41, 5.74) is 26.9. The average molecular weight is 918 g/mol. The van der Waals surface area contributed by atoms with Crippen LogP contribution in [0.5, 0.6) is 17.2 Å². The second-order valence-electron chi connectivity index (χ2n) is 14.2. The highest BCUT2D eigenvalue weighted by molar-refractivity contribution is 6.33.